The predicted molar refractivity (Wildman–Crippen MR) is 129 cm³/mol. The van der Waals surface area contributed by atoms with Crippen molar-refractivity contribution in [3.8, 4) is 5.75 Å². The van der Waals surface area contributed by atoms with Gasteiger partial charge in [-0.2, -0.15) is 0 Å². The van der Waals surface area contributed by atoms with E-state index >= 15 is 0 Å². The molecule has 0 saturated heterocycles. The number of carboxylic acids is 1. The van der Waals surface area contributed by atoms with Gasteiger partial charge in [0.05, 0.1) is 5.71 Å². The molecule has 0 heterocycles. The molecule has 0 fully saturated rings. The van der Waals surface area contributed by atoms with Crippen molar-refractivity contribution in [3.05, 3.63) is 101 Å². The number of carbonyl (C=O) groups is 1. The first-order valence-electron chi connectivity index (χ1n) is 11.5. The monoisotopic (exact) mass is 479 g/mol. The van der Waals surface area contributed by atoms with Crippen LogP contribution in [-0.4, -0.2) is 23.4 Å². The van der Waals surface area contributed by atoms with Crippen LogP contribution in [0, 0.1) is 17.6 Å². The van der Waals surface area contributed by atoms with Gasteiger partial charge in [-0.1, -0.05) is 41.6 Å². The second kappa shape index (κ2) is 11.1. The number of benzene rings is 3. The van der Waals surface area contributed by atoms with Crippen molar-refractivity contribution < 1.29 is 28.3 Å². The minimum Gasteiger partial charge on any atom is -0.482 e. The zero-order valence-corrected chi connectivity index (χ0v) is 19.4. The molecule has 5 nitrogen and oxygen atoms in total. The fraction of sp³-hybridized carbons (Fsp3) is 0.286. The van der Waals surface area contributed by atoms with Crippen LogP contribution < -0.4 is 4.74 Å². The standard InChI is InChI=1S/C28H27F2NO4/c1-18(15-19-5-14-25-22(16-19)3-2-4-26(25)34-17-27(32)33)31-35-28(20-6-10-23(29)11-7-20)21-8-12-24(30)13-9-21/h2-4,6-13,19,28H,5,14-17H2,1H3,(H,32,33)/b31-18-. The molecule has 0 aliphatic heterocycles. The van der Waals surface area contributed by atoms with Crippen LogP contribution in [0.2, 0.25) is 0 Å². The van der Waals surface area contributed by atoms with Crippen LogP contribution >= 0.6 is 0 Å². The normalized spacial score (nSPS) is 15.5. The molecule has 0 bridgehead atoms. The molecule has 3 aromatic carbocycles. The summed E-state index contributed by atoms with van der Waals surface area (Å²) in [6, 6.07) is 17.7. The molecule has 182 valence electrons. The summed E-state index contributed by atoms with van der Waals surface area (Å²) in [6.45, 7) is 1.56. The van der Waals surface area contributed by atoms with Gasteiger partial charge in [0.25, 0.3) is 0 Å². The summed E-state index contributed by atoms with van der Waals surface area (Å²) in [7, 11) is 0. The summed E-state index contributed by atoms with van der Waals surface area (Å²) in [5.74, 6) is -0.693. The Hall–Kier alpha value is -3.74. The molecule has 3 aromatic rings. The highest BCUT2D eigenvalue weighted by Crippen LogP contribution is 2.34. The second-order valence-electron chi connectivity index (χ2n) is 8.80. The van der Waals surface area contributed by atoms with Gasteiger partial charge in [0, 0.05) is 0 Å². The zero-order chi connectivity index (χ0) is 24.8. The van der Waals surface area contributed by atoms with Crippen LogP contribution in [0.1, 0.15) is 48.1 Å². The van der Waals surface area contributed by atoms with Gasteiger partial charge < -0.3 is 14.7 Å². The molecule has 1 N–H and O–H groups in total. The third-order valence-electron chi connectivity index (χ3n) is 6.14. The Kier molecular flexibility index (Phi) is 7.75. The number of ether oxygens (including phenoxy) is 1. The predicted octanol–water partition coefficient (Wildman–Crippen LogP) is 6.11. The first-order chi connectivity index (χ1) is 16.9. The summed E-state index contributed by atoms with van der Waals surface area (Å²) < 4.78 is 32.3. The Bertz CT molecular complexity index is 1150. The molecule has 4 rings (SSSR count). The van der Waals surface area contributed by atoms with Gasteiger partial charge >= 0.3 is 5.97 Å². The maximum atomic E-state index is 13.4. The Morgan fingerprint density at radius 2 is 1.66 bits per heavy atom. The number of hydrogen-bond acceptors (Lipinski definition) is 4. The summed E-state index contributed by atoms with van der Waals surface area (Å²) >= 11 is 0. The third kappa shape index (κ3) is 6.44. The Morgan fingerprint density at radius 3 is 2.26 bits per heavy atom. The lowest BCUT2D eigenvalue weighted by atomic mass is 9.81. The summed E-state index contributed by atoms with van der Waals surface area (Å²) in [5, 5.41) is 13.3. The van der Waals surface area contributed by atoms with Crippen molar-refractivity contribution >= 4 is 11.7 Å². The summed E-state index contributed by atoms with van der Waals surface area (Å²) in [6.07, 6.45) is 2.71. The van der Waals surface area contributed by atoms with E-state index in [9.17, 15) is 13.6 Å². The van der Waals surface area contributed by atoms with Crippen LogP contribution in [0.4, 0.5) is 8.78 Å². The molecule has 1 atom stereocenters. The van der Waals surface area contributed by atoms with Gasteiger partial charge in [0.2, 0.25) is 0 Å². The molecule has 0 aromatic heterocycles. The fourth-order valence-electron chi connectivity index (χ4n) is 4.48. The van der Waals surface area contributed by atoms with Gasteiger partial charge in [-0.3, -0.25) is 0 Å². The smallest absolute Gasteiger partial charge is 0.341 e. The van der Waals surface area contributed by atoms with Crippen LogP contribution in [0.5, 0.6) is 5.75 Å². The number of hydrogen-bond donors (Lipinski definition) is 1. The van der Waals surface area contributed by atoms with Gasteiger partial charge in [-0.05, 0) is 91.1 Å². The van der Waals surface area contributed by atoms with E-state index in [1.807, 2.05) is 19.1 Å². The molecule has 1 aliphatic carbocycles. The average Bonchev–Trinajstić information content (AvgIpc) is 2.84. The van der Waals surface area contributed by atoms with Crippen LogP contribution in [0.15, 0.2) is 71.9 Å². The summed E-state index contributed by atoms with van der Waals surface area (Å²) in [4.78, 5) is 16.8. The molecule has 35 heavy (non-hydrogen) atoms. The Labute approximate surface area is 203 Å². The van der Waals surface area contributed by atoms with Crippen molar-refractivity contribution in [2.45, 2.75) is 38.7 Å². The van der Waals surface area contributed by atoms with E-state index < -0.39 is 12.1 Å². The molecular weight excluding hydrogens is 452 g/mol. The molecule has 1 aliphatic rings. The lowest BCUT2D eigenvalue weighted by molar-refractivity contribution is -0.139. The minimum absolute atomic E-state index is 0.347. The Balaban J connectivity index is 1.44. The van der Waals surface area contributed by atoms with Gasteiger partial charge in [0.15, 0.2) is 12.7 Å². The quantitative estimate of drug-likeness (QED) is 0.297. The van der Waals surface area contributed by atoms with E-state index in [1.165, 1.54) is 24.3 Å². The maximum Gasteiger partial charge on any atom is 0.341 e. The lowest BCUT2D eigenvalue weighted by Gasteiger charge is -2.26. The van der Waals surface area contributed by atoms with Crippen LogP contribution in [0.3, 0.4) is 0 Å². The molecule has 0 saturated carbocycles. The first-order valence-corrected chi connectivity index (χ1v) is 11.5. The topological polar surface area (TPSA) is 68.1 Å². The zero-order valence-electron chi connectivity index (χ0n) is 19.4. The van der Waals surface area contributed by atoms with Crippen molar-refractivity contribution in [1.82, 2.24) is 0 Å². The van der Waals surface area contributed by atoms with Crippen molar-refractivity contribution in [2.24, 2.45) is 11.1 Å². The molecule has 0 amide bonds. The molecule has 1 unspecified atom stereocenters. The van der Waals surface area contributed by atoms with E-state index in [-0.39, 0.29) is 18.2 Å². The lowest BCUT2D eigenvalue weighted by Crippen LogP contribution is -2.19. The van der Waals surface area contributed by atoms with Gasteiger partial charge in [0.1, 0.15) is 17.4 Å². The number of nitrogens with zero attached hydrogens (tertiary/aromatic N) is 1. The van der Waals surface area contributed by atoms with Crippen LogP contribution in [-0.2, 0) is 22.5 Å². The highest BCUT2D eigenvalue weighted by atomic mass is 19.1. The van der Waals surface area contributed by atoms with E-state index in [1.54, 1.807) is 24.3 Å². The highest BCUT2D eigenvalue weighted by Gasteiger charge is 2.23. The fourth-order valence-corrected chi connectivity index (χ4v) is 4.48. The summed E-state index contributed by atoms with van der Waals surface area (Å²) in [5.41, 5.74) is 4.49. The van der Waals surface area contributed by atoms with Crippen molar-refractivity contribution in [3.63, 3.8) is 0 Å². The molecule has 0 radical (unpaired) electrons. The molecular formula is C28H27F2NO4. The SMILES string of the molecule is C/C(CC1CCc2c(cccc2OCC(=O)O)C1)=N/OC(c1ccc(F)cc1)c1ccc(F)cc1. The Morgan fingerprint density at radius 1 is 1.03 bits per heavy atom. The van der Waals surface area contributed by atoms with Crippen molar-refractivity contribution in [1.29, 1.82) is 0 Å². The second-order valence-corrected chi connectivity index (χ2v) is 8.80. The van der Waals surface area contributed by atoms with Crippen molar-refractivity contribution in [2.75, 3.05) is 6.61 Å². The van der Waals surface area contributed by atoms with E-state index in [0.29, 0.717) is 11.7 Å². The molecule has 7 heteroatoms. The minimum atomic E-state index is -0.997. The van der Waals surface area contributed by atoms with E-state index in [4.69, 9.17) is 14.7 Å². The number of fused-ring (bicyclic) bond motifs is 1. The van der Waals surface area contributed by atoms with Gasteiger partial charge in [-0.25, -0.2) is 13.6 Å². The first kappa shape index (κ1) is 24.4. The van der Waals surface area contributed by atoms with E-state index in [2.05, 4.69) is 11.2 Å². The van der Waals surface area contributed by atoms with Gasteiger partial charge in [-0.15, -0.1) is 0 Å². The molecule has 0 spiro atoms. The number of oxime groups is 1. The number of carboxylic acid groups (broad SMARTS) is 1. The van der Waals surface area contributed by atoms with E-state index in [0.717, 1.165) is 53.6 Å². The average molecular weight is 480 g/mol. The largest absolute Gasteiger partial charge is 0.482 e. The number of rotatable bonds is 9. The van der Waals surface area contributed by atoms with Crippen LogP contribution in [0.25, 0.3) is 0 Å². The number of aliphatic carboxylic acids is 1. The third-order valence-corrected chi connectivity index (χ3v) is 6.14. The maximum absolute atomic E-state index is 13.4. The number of halogens is 2. The highest BCUT2D eigenvalue weighted by molar-refractivity contribution is 5.81.